The van der Waals surface area contributed by atoms with Gasteiger partial charge in [-0.05, 0) is 60.1 Å². The molecule has 4 rings (SSSR count). The zero-order chi connectivity index (χ0) is 21.6. The number of fused-ring (bicyclic) bond motifs is 2. The van der Waals surface area contributed by atoms with Crippen LogP contribution >= 0.6 is 0 Å². The van der Waals surface area contributed by atoms with E-state index in [0.717, 1.165) is 44.3 Å². The van der Waals surface area contributed by atoms with E-state index >= 15 is 0 Å². The number of hydrogen-bond acceptors (Lipinski definition) is 4. The molecule has 6 heteroatoms. The van der Waals surface area contributed by atoms with E-state index in [1.807, 2.05) is 12.1 Å². The molecule has 0 unspecified atom stereocenters. The Kier molecular flexibility index (Phi) is 6.82. The molecule has 0 bridgehead atoms. The van der Waals surface area contributed by atoms with Crippen LogP contribution in [0.25, 0.3) is 17.0 Å². The summed E-state index contributed by atoms with van der Waals surface area (Å²) in [6, 6.07) is 15.0. The van der Waals surface area contributed by atoms with Crippen molar-refractivity contribution in [3.05, 3.63) is 77.0 Å². The smallest absolute Gasteiger partial charge is 0.267 e. The molecule has 0 radical (unpaired) electrons. The lowest BCUT2D eigenvalue weighted by Crippen LogP contribution is -2.31. The van der Waals surface area contributed by atoms with Gasteiger partial charge in [0.25, 0.3) is 5.91 Å². The molecule has 0 spiro atoms. The second kappa shape index (κ2) is 9.92. The number of hydroxylamine groups is 1. The third-order valence-corrected chi connectivity index (χ3v) is 6.14. The van der Waals surface area contributed by atoms with Crippen LogP contribution in [-0.4, -0.2) is 45.8 Å². The van der Waals surface area contributed by atoms with Crippen LogP contribution < -0.4 is 5.48 Å². The number of hydrogen-bond donors (Lipinski definition) is 4. The van der Waals surface area contributed by atoms with Crippen molar-refractivity contribution in [2.45, 2.75) is 31.7 Å². The summed E-state index contributed by atoms with van der Waals surface area (Å²) in [5.41, 5.74) is 7.69. The molecule has 1 aliphatic carbocycles. The molecule has 0 saturated carbocycles. The lowest BCUT2D eigenvalue weighted by molar-refractivity contribution is -0.124. The number of aromatic amines is 1. The van der Waals surface area contributed by atoms with Crippen LogP contribution in [0.2, 0.25) is 0 Å². The van der Waals surface area contributed by atoms with Gasteiger partial charge in [-0.25, -0.2) is 5.48 Å². The van der Waals surface area contributed by atoms with Crippen molar-refractivity contribution in [2.75, 3.05) is 19.7 Å². The van der Waals surface area contributed by atoms with Crippen molar-refractivity contribution in [3.8, 4) is 0 Å². The van der Waals surface area contributed by atoms with Gasteiger partial charge in [0.05, 0.1) is 0 Å². The molecule has 0 saturated heterocycles. The number of aliphatic hydroxyl groups is 1. The molecule has 1 aliphatic rings. The first-order chi connectivity index (χ1) is 15.2. The van der Waals surface area contributed by atoms with Crippen LogP contribution in [0.3, 0.4) is 0 Å². The van der Waals surface area contributed by atoms with E-state index in [0.29, 0.717) is 6.04 Å². The Labute approximate surface area is 182 Å². The molecule has 1 atom stereocenters. The highest BCUT2D eigenvalue weighted by Gasteiger charge is 2.27. The third kappa shape index (κ3) is 4.88. The van der Waals surface area contributed by atoms with Gasteiger partial charge in [0.1, 0.15) is 0 Å². The SMILES string of the molecule is O=C(/C=C/c1ccc2c(c1)CC[C@H]2N(CCCO)CCc1c[nH]c2ccccc12)NO. The molecule has 31 heavy (non-hydrogen) atoms. The number of aryl methyl sites for hydroxylation is 1. The standard InChI is InChI=1S/C25H29N3O3/c29-15-3-13-28(14-12-20-17-26-23-5-2-1-4-21(20)23)24-10-8-19-16-18(6-9-22(19)24)7-11-25(30)27-31/h1-2,4-7,9,11,16-17,24,26,29,31H,3,8,10,12-15H2,(H,27,30)/b11-7+/t24-/m1/s1. The molecule has 162 valence electrons. The molecule has 1 heterocycles. The maximum atomic E-state index is 11.2. The van der Waals surface area contributed by atoms with Gasteiger partial charge in [0, 0.05) is 48.9 Å². The molecule has 1 amide bonds. The highest BCUT2D eigenvalue weighted by molar-refractivity contribution is 5.90. The van der Waals surface area contributed by atoms with Crippen molar-refractivity contribution in [2.24, 2.45) is 0 Å². The summed E-state index contributed by atoms with van der Waals surface area (Å²) in [6.45, 7) is 1.99. The fourth-order valence-corrected chi connectivity index (χ4v) is 4.61. The number of carbonyl (C=O) groups excluding carboxylic acids is 1. The summed E-state index contributed by atoms with van der Waals surface area (Å²) in [4.78, 5) is 17.1. The Morgan fingerprint density at radius 2 is 2.10 bits per heavy atom. The van der Waals surface area contributed by atoms with Crippen molar-refractivity contribution < 1.29 is 15.1 Å². The van der Waals surface area contributed by atoms with E-state index in [4.69, 9.17) is 5.21 Å². The zero-order valence-corrected chi connectivity index (χ0v) is 17.6. The highest BCUT2D eigenvalue weighted by Crippen LogP contribution is 2.37. The first-order valence-corrected chi connectivity index (χ1v) is 10.8. The Morgan fingerprint density at radius 1 is 1.23 bits per heavy atom. The summed E-state index contributed by atoms with van der Waals surface area (Å²) in [6.07, 6.45) is 8.91. The van der Waals surface area contributed by atoms with Crippen molar-refractivity contribution in [1.29, 1.82) is 0 Å². The molecule has 4 N–H and O–H groups in total. The Balaban J connectivity index is 1.50. The number of aliphatic hydroxyl groups excluding tert-OH is 1. The van der Waals surface area contributed by atoms with Crippen LogP contribution in [0.5, 0.6) is 0 Å². The van der Waals surface area contributed by atoms with E-state index in [1.165, 1.54) is 33.7 Å². The lowest BCUT2D eigenvalue weighted by atomic mass is 10.0. The number of aromatic nitrogens is 1. The third-order valence-electron chi connectivity index (χ3n) is 6.14. The van der Waals surface area contributed by atoms with Gasteiger partial charge in [0.15, 0.2) is 0 Å². The lowest BCUT2D eigenvalue weighted by Gasteiger charge is -2.29. The predicted molar refractivity (Wildman–Crippen MR) is 122 cm³/mol. The van der Waals surface area contributed by atoms with Gasteiger partial charge < -0.3 is 10.1 Å². The first-order valence-electron chi connectivity index (χ1n) is 10.8. The van der Waals surface area contributed by atoms with Crippen LogP contribution in [-0.2, 0) is 17.6 Å². The second-order valence-electron chi connectivity index (χ2n) is 8.04. The fraction of sp³-hybridized carbons (Fsp3) is 0.320. The molecular formula is C25H29N3O3. The maximum absolute atomic E-state index is 11.2. The first kappa shape index (κ1) is 21.3. The molecule has 3 aromatic rings. The zero-order valence-electron chi connectivity index (χ0n) is 17.6. The van der Waals surface area contributed by atoms with Crippen molar-refractivity contribution in [1.82, 2.24) is 15.4 Å². The highest BCUT2D eigenvalue weighted by atomic mass is 16.5. The average Bonchev–Trinajstić information content (AvgIpc) is 3.41. The number of nitrogens with one attached hydrogen (secondary N) is 2. The van der Waals surface area contributed by atoms with E-state index in [2.05, 4.69) is 46.4 Å². The molecular weight excluding hydrogens is 390 g/mol. The van der Waals surface area contributed by atoms with Crippen molar-refractivity contribution in [3.63, 3.8) is 0 Å². The molecule has 1 aromatic heterocycles. The Morgan fingerprint density at radius 3 is 2.94 bits per heavy atom. The van der Waals surface area contributed by atoms with Gasteiger partial charge in [0.2, 0.25) is 0 Å². The van der Waals surface area contributed by atoms with Gasteiger partial charge in [-0.1, -0.05) is 36.4 Å². The number of rotatable bonds is 9. The Bertz CT molecular complexity index is 1070. The maximum Gasteiger partial charge on any atom is 0.267 e. The van der Waals surface area contributed by atoms with Crippen LogP contribution in [0.4, 0.5) is 0 Å². The van der Waals surface area contributed by atoms with E-state index < -0.39 is 5.91 Å². The molecule has 0 aliphatic heterocycles. The minimum atomic E-state index is -0.536. The van der Waals surface area contributed by atoms with Crippen LogP contribution in [0.1, 0.15) is 41.1 Å². The van der Waals surface area contributed by atoms with Gasteiger partial charge in [-0.2, -0.15) is 0 Å². The number of para-hydroxylation sites is 1. The summed E-state index contributed by atoms with van der Waals surface area (Å²) in [5, 5.41) is 19.3. The minimum absolute atomic E-state index is 0.194. The van der Waals surface area contributed by atoms with E-state index in [1.54, 1.807) is 11.6 Å². The summed E-state index contributed by atoms with van der Waals surface area (Å²) < 4.78 is 0. The average molecular weight is 420 g/mol. The summed E-state index contributed by atoms with van der Waals surface area (Å²) in [7, 11) is 0. The summed E-state index contributed by atoms with van der Waals surface area (Å²) >= 11 is 0. The Hall–Kier alpha value is -2.93. The number of H-pyrrole nitrogens is 1. The minimum Gasteiger partial charge on any atom is -0.396 e. The van der Waals surface area contributed by atoms with Crippen LogP contribution in [0.15, 0.2) is 54.7 Å². The molecule has 0 fully saturated rings. The number of benzene rings is 2. The monoisotopic (exact) mass is 419 g/mol. The quantitative estimate of drug-likeness (QED) is 0.242. The van der Waals surface area contributed by atoms with Crippen LogP contribution in [0, 0.1) is 0 Å². The molecule has 2 aromatic carbocycles. The summed E-state index contributed by atoms with van der Waals surface area (Å²) in [5.74, 6) is -0.536. The van der Waals surface area contributed by atoms with E-state index in [9.17, 15) is 9.90 Å². The van der Waals surface area contributed by atoms with Crippen molar-refractivity contribution >= 4 is 22.9 Å². The number of carbonyl (C=O) groups is 1. The van der Waals surface area contributed by atoms with Gasteiger partial charge >= 0.3 is 0 Å². The molecule has 6 nitrogen and oxygen atoms in total. The topological polar surface area (TPSA) is 88.6 Å². The van der Waals surface area contributed by atoms with Gasteiger partial charge in [-0.3, -0.25) is 14.9 Å². The number of amides is 1. The largest absolute Gasteiger partial charge is 0.396 e. The predicted octanol–water partition coefficient (Wildman–Crippen LogP) is 3.60. The normalized spacial score (nSPS) is 15.8. The van der Waals surface area contributed by atoms with Gasteiger partial charge in [-0.15, -0.1) is 0 Å². The number of nitrogens with zero attached hydrogens (tertiary/aromatic N) is 1. The second-order valence-corrected chi connectivity index (χ2v) is 8.04. The van der Waals surface area contributed by atoms with E-state index in [-0.39, 0.29) is 6.61 Å². The fourth-order valence-electron chi connectivity index (χ4n) is 4.61.